The van der Waals surface area contributed by atoms with Gasteiger partial charge in [0.1, 0.15) is 5.82 Å². The first kappa shape index (κ1) is 16.2. The van der Waals surface area contributed by atoms with Gasteiger partial charge in [-0.15, -0.1) is 0 Å². The SMILES string of the molecule is C=C/C(=C\C=C(/C)c1ccn[nH]1)CCc1ccc(Cl)c(F)c1. The average molecular weight is 317 g/mol. The van der Waals surface area contributed by atoms with Gasteiger partial charge >= 0.3 is 0 Å². The summed E-state index contributed by atoms with van der Waals surface area (Å²) in [4.78, 5) is 0. The molecule has 0 fully saturated rings. The molecule has 0 unspecified atom stereocenters. The van der Waals surface area contributed by atoms with E-state index in [4.69, 9.17) is 11.6 Å². The molecule has 114 valence electrons. The lowest BCUT2D eigenvalue weighted by molar-refractivity contribution is 0.625. The summed E-state index contributed by atoms with van der Waals surface area (Å²) < 4.78 is 13.4. The van der Waals surface area contributed by atoms with E-state index in [-0.39, 0.29) is 10.8 Å². The second kappa shape index (κ2) is 7.76. The third-order valence-electron chi connectivity index (χ3n) is 3.42. The molecule has 0 aliphatic rings. The Balaban J connectivity index is 2.02. The smallest absolute Gasteiger partial charge is 0.142 e. The van der Waals surface area contributed by atoms with Crippen molar-refractivity contribution in [3.8, 4) is 0 Å². The Bertz CT molecular complexity index is 700. The second-order valence-electron chi connectivity index (χ2n) is 5.01. The van der Waals surface area contributed by atoms with Crippen molar-refractivity contribution < 1.29 is 4.39 Å². The first-order valence-electron chi connectivity index (χ1n) is 7.03. The van der Waals surface area contributed by atoms with Crippen molar-refractivity contribution in [3.63, 3.8) is 0 Å². The van der Waals surface area contributed by atoms with Crippen LogP contribution >= 0.6 is 11.6 Å². The maximum atomic E-state index is 13.4. The van der Waals surface area contributed by atoms with Gasteiger partial charge in [-0.3, -0.25) is 5.10 Å². The van der Waals surface area contributed by atoms with E-state index in [0.717, 1.165) is 35.2 Å². The van der Waals surface area contributed by atoms with Crippen LogP contribution in [-0.2, 0) is 6.42 Å². The van der Waals surface area contributed by atoms with Crippen LogP contribution in [0.25, 0.3) is 5.57 Å². The van der Waals surface area contributed by atoms with Crippen LogP contribution in [0.4, 0.5) is 4.39 Å². The van der Waals surface area contributed by atoms with Crippen molar-refractivity contribution in [1.29, 1.82) is 0 Å². The molecule has 2 rings (SSSR count). The van der Waals surface area contributed by atoms with Crippen molar-refractivity contribution >= 4 is 17.2 Å². The molecule has 0 saturated heterocycles. The van der Waals surface area contributed by atoms with Gasteiger partial charge in [0.05, 0.1) is 10.7 Å². The topological polar surface area (TPSA) is 28.7 Å². The molecule has 0 saturated carbocycles. The van der Waals surface area contributed by atoms with Crippen molar-refractivity contribution in [2.75, 3.05) is 0 Å². The first-order chi connectivity index (χ1) is 10.6. The summed E-state index contributed by atoms with van der Waals surface area (Å²) in [7, 11) is 0. The summed E-state index contributed by atoms with van der Waals surface area (Å²) in [5.74, 6) is -0.377. The maximum Gasteiger partial charge on any atom is 0.142 e. The Morgan fingerprint density at radius 2 is 2.18 bits per heavy atom. The quantitative estimate of drug-likeness (QED) is 0.715. The van der Waals surface area contributed by atoms with Crippen LogP contribution in [-0.4, -0.2) is 10.2 Å². The second-order valence-corrected chi connectivity index (χ2v) is 5.42. The number of hydrogen-bond acceptors (Lipinski definition) is 1. The maximum absolute atomic E-state index is 13.4. The van der Waals surface area contributed by atoms with Crippen LogP contribution < -0.4 is 0 Å². The number of H-pyrrole nitrogens is 1. The molecule has 1 aromatic heterocycles. The van der Waals surface area contributed by atoms with Gasteiger partial charge in [0.15, 0.2) is 0 Å². The fraction of sp³-hybridized carbons (Fsp3) is 0.167. The lowest BCUT2D eigenvalue weighted by Gasteiger charge is -2.04. The van der Waals surface area contributed by atoms with E-state index in [0.29, 0.717) is 0 Å². The predicted octanol–water partition coefficient (Wildman–Crippen LogP) is 5.35. The fourth-order valence-electron chi connectivity index (χ4n) is 2.03. The molecule has 0 amide bonds. The van der Waals surface area contributed by atoms with Gasteiger partial charge < -0.3 is 0 Å². The van der Waals surface area contributed by atoms with E-state index in [2.05, 4.69) is 16.8 Å². The molecule has 2 nitrogen and oxygen atoms in total. The normalized spacial score (nSPS) is 12.5. The van der Waals surface area contributed by atoms with E-state index < -0.39 is 0 Å². The van der Waals surface area contributed by atoms with E-state index in [1.54, 1.807) is 12.3 Å². The van der Waals surface area contributed by atoms with Crippen molar-refractivity contribution in [2.24, 2.45) is 0 Å². The van der Waals surface area contributed by atoms with Gasteiger partial charge in [0.2, 0.25) is 0 Å². The molecule has 4 heteroatoms. The summed E-state index contributed by atoms with van der Waals surface area (Å²) in [6.45, 7) is 5.85. The van der Waals surface area contributed by atoms with Crippen molar-refractivity contribution in [1.82, 2.24) is 10.2 Å². The van der Waals surface area contributed by atoms with Crippen LogP contribution in [0.5, 0.6) is 0 Å². The predicted molar refractivity (Wildman–Crippen MR) is 90.2 cm³/mol. The molecule has 0 atom stereocenters. The minimum atomic E-state index is -0.377. The third-order valence-corrected chi connectivity index (χ3v) is 3.73. The average Bonchev–Trinajstić information content (AvgIpc) is 3.05. The summed E-state index contributed by atoms with van der Waals surface area (Å²) in [6.07, 6.45) is 9.12. The fourth-order valence-corrected chi connectivity index (χ4v) is 2.15. The number of aromatic amines is 1. The molecule has 0 spiro atoms. The highest BCUT2D eigenvalue weighted by atomic mass is 35.5. The zero-order chi connectivity index (χ0) is 15.9. The van der Waals surface area contributed by atoms with E-state index in [9.17, 15) is 4.39 Å². The monoisotopic (exact) mass is 316 g/mol. The van der Waals surface area contributed by atoms with Gasteiger partial charge in [0.25, 0.3) is 0 Å². The summed E-state index contributed by atoms with van der Waals surface area (Å²) in [6, 6.07) is 6.84. The molecule has 1 N–H and O–H groups in total. The van der Waals surface area contributed by atoms with Gasteiger partial charge in [-0.05, 0) is 54.7 Å². The lowest BCUT2D eigenvalue weighted by Crippen LogP contribution is -1.89. The molecule has 0 aliphatic heterocycles. The minimum absolute atomic E-state index is 0.154. The number of halogens is 2. The zero-order valence-corrected chi connectivity index (χ0v) is 13.2. The van der Waals surface area contributed by atoms with E-state index in [1.165, 1.54) is 6.07 Å². The van der Waals surface area contributed by atoms with Crippen molar-refractivity contribution in [2.45, 2.75) is 19.8 Å². The van der Waals surface area contributed by atoms with Gasteiger partial charge in [-0.25, -0.2) is 4.39 Å². The molecular formula is C18H18ClFN2. The number of aromatic nitrogens is 2. The van der Waals surface area contributed by atoms with E-state index >= 15 is 0 Å². The highest BCUT2D eigenvalue weighted by Gasteiger charge is 2.02. The third kappa shape index (κ3) is 4.43. The number of nitrogens with zero attached hydrogens (tertiary/aromatic N) is 1. The molecular weight excluding hydrogens is 299 g/mol. The van der Waals surface area contributed by atoms with Gasteiger partial charge in [-0.2, -0.15) is 5.10 Å². The summed E-state index contributed by atoms with van der Waals surface area (Å²) >= 11 is 5.69. The van der Waals surface area contributed by atoms with Gasteiger partial charge in [0, 0.05) is 6.20 Å². The standard InChI is InChI=1S/C18H18ClFN2/c1-3-14(5-4-13(2)18-10-11-21-22-18)6-7-15-8-9-16(19)17(20)12-15/h3-5,8-12H,1,6-7H2,2H3,(H,21,22)/b13-4+,14-5+. The van der Waals surface area contributed by atoms with Crippen LogP contribution in [0.3, 0.4) is 0 Å². The highest BCUT2D eigenvalue weighted by molar-refractivity contribution is 6.30. The molecule has 0 radical (unpaired) electrons. The Kier molecular flexibility index (Phi) is 5.73. The number of benzene rings is 1. The molecule has 0 bridgehead atoms. The Morgan fingerprint density at radius 1 is 1.36 bits per heavy atom. The van der Waals surface area contributed by atoms with Crippen LogP contribution in [0, 0.1) is 5.82 Å². The number of allylic oxidation sites excluding steroid dienone is 5. The van der Waals surface area contributed by atoms with Crippen LogP contribution in [0.2, 0.25) is 5.02 Å². The number of rotatable bonds is 6. The minimum Gasteiger partial charge on any atom is -0.278 e. The lowest BCUT2D eigenvalue weighted by atomic mass is 10.0. The first-order valence-corrected chi connectivity index (χ1v) is 7.41. The molecule has 0 aliphatic carbocycles. The number of nitrogens with one attached hydrogen (secondary N) is 1. The molecule has 1 heterocycles. The van der Waals surface area contributed by atoms with Crippen molar-refractivity contribution in [3.05, 3.63) is 82.9 Å². The summed E-state index contributed by atoms with van der Waals surface area (Å²) in [5.41, 5.74) is 4.09. The van der Waals surface area contributed by atoms with Crippen LogP contribution in [0.15, 0.2) is 60.8 Å². The van der Waals surface area contributed by atoms with Crippen LogP contribution in [0.1, 0.15) is 24.6 Å². The summed E-state index contributed by atoms with van der Waals surface area (Å²) in [5, 5.41) is 7.00. The number of aryl methyl sites for hydroxylation is 1. The largest absolute Gasteiger partial charge is 0.278 e. The van der Waals surface area contributed by atoms with E-state index in [1.807, 2.05) is 37.3 Å². The Morgan fingerprint density at radius 3 is 2.82 bits per heavy atom. The molecule has 1 aromatic carbocycles. The number of hydrogen-bond donors (Lipinski definition) is 1. The molecule has 22 heavy (non-hydrogen) atoms. The zero-order valence-electron chi connectivity index (χ0n) is 12.4. The Hall–Kier alpha value is -2.13. The molecule has 2 aromatic rings. The highest BCUT2D eigenvalue weighted by Crippen LogP contribution is 2.18. The Labute approximate surface area is 135 Å². The van der Waals surface area contributed by atoms with Gasteiger partial charge in [-0.1, -0.05) is 42.5 Å².